The Labute approximate surface area is 97.1 Å². The summed E-state index contributed by atoms with van der Waals surface area (Å²) in [4.78, 5) is 13.4. The zero-order chi connectivity index (χ0) is 10.8. The van der Waals surface area contributed by atoms with Crippen molar-refractivity contribution in [2.75, 3.05) is 12.3 Å². The van der Waals surface area contributed by atoms with Crippen molar-refractivity contribution in [2.24, 2.45) is 0 Å². The van der Waals surface area contributed by atoms with E-state index in [0.717, 1.165) is 5.56 Å². The lowest BCUT2D eigenvalue weighted by Gasteiger charge is -2.24. The van der Waals surface area contributed by atoms with Crippen molar-refractivity contribution < 1.29 is 9.90 Å². The van der Waals surface area contributed by atoms with E-state index < -0.39 is 6.10 Å². The molecule has 82 valence electrons. The van der Waals surface area contributed by atoms with Gasteiger partial charge in [-0.05, 0) is 29.3 Å². The molecule has 0 unspecified atom stereocenters. The highest BCUT2D eigenvalue weighted by atomic mass is 32.2. The third kappa shape index (κ3) is 2.35. The zero-order valence-electron chi connectivity index (χ0n) is 8.42. The molecule has 1 amide bonds. The molecule has 1 aliphatic rings. The monoisotopic (exact) mass is 243 g/mol. The molecule has 3 nitrogen and oxygen atoms in total. The number of aliphatic hydroxyl groups is 1. The topological polar surface area (TPSA) is 40.5 Å². The third-order valence-electron chi connectivity index (χ3n) is 2.26. The number of thiophene rings is 1. The molecule has 1 fully saturated rings. The van der Waals surface area contributed by atoms with Crippen LogP contribution in [-0.2, 0) is 4.79 Å². The van der Waals surface area contributed by atoms with Gasteiger partial charge in [0, 0.05) is 6.54 Å². The summed E-state index contributed by atoms with van der Waals surface area (Å²) in [5, 5.41) is 13.5. The molecule has 2 heterocycles. The second-order valence-electron chi connectivity index (χ2n) is 3.62. The number of aliphatic hydroxyl groups excluding tert-OH is 1. The Kier molecular flexibility index (Phi) is 3.33. The Balaban J connectivity index is 2.14. The lowest BCUT2D eigenvalue weighted by atomic mass is 10.2. The molecule has 5 heteroatoms. The average molecular weight is 243 g/mol. The quantitative estimate of drug-likeness (QED) is 0.878. The van der Waals surface area contributed by atoms with Crippen molar-refractivity contribution in [3.8, 4) is 0 Å². The van der Waals surface area contributed by atoms with E-state index >= 15 is 0 Å². The fourth-order valence-electron chi connectivity index (χ4n) is 1.63. The predicted molar refractivity (Wildman–Crippen MR) is 62.9 cm³/mol. The first-order valence-corrected chi connectivity index (χ1v) is 6.79. The summed E-state index contributed by atoms with van der Waals surface area (Å²) in [6, 6.07) is 2.04. The van der Waals surface area contributed by atoms with Gasteiger partial charge in [-0.1, -0.05) is 0 Å². The molecule has 0 spiro atoms. The molecule has 0 aromatic carbocycles. The summed E-state index contributed by atoms with van der Waals surface area (Å²) in [7, 11) is 0. The van der Waals surface area contributed by atoms with Crippen LogP contribution in [0.2, 0.25) is 0 Å². The Morgan fingerprint density at radius 1 is 1.73 bits per heavy atom. The number of amides is 1. The molecular weight excluding hydrogens is 230 g/mol. The first kappa shape index (κ1) is 11.0. The minimum atomic E-state index is -0.464. The Morgan fingerprint density at radius 2 is 2.53 bits per heavy atom. The van der Waals surface area contributed by atoms with Crippen LogP contribution < -0.4 is 0 Å². The average Bonchev–Trinajstić information content (AvgIpc) is 2.76. The highest BCUT2D eigenvalue weighted by Gasteiger charge is 2.33. The van der Waals surface area contributed by atoms with Gasteiger partial charge in [-0.15, -0.1) is 11.8 Å². The van der Waals surface area contributed by atoms with Gasteiger partial charge in [0.1, 0.15) is 5.37 Å². The van der Waals surface area contributed by atoms with Crippen LogP contribution in [0.3, 0.4) is 0 Å². The van der Waals surface area contributed by atoms with E-state index in [2.05, 4.69) is 5.38 Å². The molecule has 0 radical (unpaired) electrons. The van der Waals surface area contributed by atoms with E-state index in [1.807, 2.05) is 11.4 Å². The highest BCUT2D eigenvalue weighted by molar-refractivity contribution is 8.00. The van der Waals surface area contributed by atoms with Crippen LogP contribution in [0.15, 0.2) is 16.8 Å². The maximum absolute atomic E-state index is 11.6. The minimum absolute atomic E-state index is 0.0957. The Bertz CT molecular complexity index is 337. The molecule has 2 atom stereocenters. The van der Waals surface area contributed by atoms with E-state index in [1.165, 1.54) is 0 Å². The minimum Gasteiger partial charge on any atom is -0.392 e. The number of β-amino-alcohol motifs (C(OH)–C–C–N with tert-alkyl or cyclic N) is 1. The molecule has 0 aliphatic carbocycles. The normalized spacial score (nSPS) is 23.5. The molecular formula is C10H13NO2S2. The van der Waals surface area contributed by atoms with Gasteiger partial charge >= 0.3 is 0 Å². The smallest absolute Gasteiger partial charge is 0.233 e. The maximum Gasteiger partial charge on any atom is 0.233 e. The maximum atomic E-state index is 11.6. The largest absolute Gasteiger partial charge is 0.392 e. The summed E-state index contributed by atoms with van der Waals surface area (Å²) in [6.07, 6.45) is -0.464. The third-order valence-corrected chi connectivity index (χ3v) is 4.21. The molecule has 0 saturated carbocycles. The van der Waals surface area contributed by atoms with Crippen molar-refractivity contribution in [3.63, 3.8) is 0 Å². The molecule has 1 aromatic heterocycles. The van der Waals surface area contributed by atoms with E-state index in [9.17, 15) is 9.90 Å². The lowest BCUT2D eigenvalue weighted by molar-refractivity contribution is -0.129. The number of nitrogens with zero attached hydrogens (tertiary/aromatic N) is 1. The number of rotatable bonds is 3. The number of hydrogen-bond acceptors (Lipinski definition) is 4. The fourth-order valence-corrected chi connectivity index (χ4v) is 3.58. The molecule has 1 aliphatic heterocycles. The second kappa shape index (κ2) is 4.55. The van der Waals surface area contributed by atoms with Crippen molar-refractivity contribution in [2.45, 2.75) is 18.4 Å². The van der Waals surface area contributed by atoms with Crippen LogP contribution in [0.4, 0.5) is 0 Å². The van der Waals surface area contributed by atoms with Gasteiger partial charge in [-0.2, -0.15) is 11.3 Å². The van der Waals surface area contributed by atoms with Gasteiger partial charge in [0.05, 0.1) is 11.9 Å². The first-order chi connectivity index (χ1) is 7.18. The number of carbonyl (C=O) groups excluding carboxylic acids is 1. The highest BCUT2D eigenvalue weighted by Crippen LogP contribution is 2.39. The van der Waals surface area contributed by atoms with Crippen LogP contribution in [-0.4, -0.2) is 34.3 Å². The first-order valence-electron chi connectivity index (χ1n) is 4.79. The van der Waals surface area contributed by atoms with Crippen LogP contribution in [0.25, 0.3) is 0 Å². The summed E-state index contributed by atoms with van der Waals surface area (Å²) in [5.41, 5.74) is 1.16. The number of hydrogen-bond donors (Lipinski definition) is 1. The van der Waals surface area contributed by atoms with E-state index in [1.54, 1.807) is 34.9 Å². The molecule has 0 bridgehead atoms. The van der Waals surface area contributed by atoms with Crippen molar-refractivity contribution in [3.05, 3.63) is 22.4 Å². The lowest BCUT2D eigenvalue weighted by Crippen LogP contribution is -2.34. The molecule has 1 saturated heterocycles. The molecule has 1 N–H and O–H groups in total. The summed E-state index contributed by atoms with van der Waals surface area (Å²) < 4.78 is 0. The SMILES string of the molecule is C[C@@H](O)CN1C(=O)CS[C@@H]1c1ccsc1. The van der Waals surface area contributed by atoms with Crippen molar-refractivity contribution in [1.29, 1.82) is 0 Å². The van der Waals surface area contributed by atoms with Crippen LogP contribution >= 0.6 is 23.1 Å². The van der Waals surface area contributed by atoms with Crippen molar-refractivity contribution in [1.82, 2.24) is 4.90 Å². The van der Waals surface area contributed by atoms with Gasteiger partial charge in [0.2, 0.25) is 5.91 Å². The number of carbonyl (C=O) groups is 1. The van der Waals surface area contributed by atoms with Gasteiger partial charge in [-0.3, -0.25) is 4.79 Å². The van der Waals surface area contributed by atoms with Gasteiger partial charge < -0.3 is 10.0 Å². The standard InChI is InChI=1S/C10H13NO2S2/c1-7(12)4-11-9(13)6-15-10(11)8-2-3-14-5-8/h2-3,5,7,10,12H,4,6H2,1H3/t7-,10-/m1/s1. The summed E-state index contributed by atoms with van der Waals surface area (Å²) in [5.74, 6) is 0.643. The fraction of sp³-hybridized carbons (Fsp3) is 0.500. The van der Waals surface area contributed by atoms with Crippen LogP contribution in [0, 0.1) is 0 Å². The summed E-state index contributed by atoms with van der Waals surface area (Å²) in [6.45, 7) is 2.13. The zero-order valence-corrected chi connectivity index (χ0v) is 10.1. The molecule has 15 heavy (non-hydrogen) atoms. The number of thioether (sulfide) groups is 1. The van der Waals surface area contributed by atoms with Gasteiger partial charge in [0.25, 0.3) is 0 Å². The molecule has 2 rings (SSSR count). The van der Waals surface area contributed by atoms with Crippen LogP contribution in [0.1, 0.15) is 17.9 Å². The molecule has 1 aromatic rings. The van der Waals surface area contributed by atoms with Crippen LogP contribution in [0.5, 0.6) is 0 Å². The van der Waals surface area contributed by atoms with Crippen molar-refractivity contribution >= 4 is 29.0 Å². The second-order valence-corrected chi connectivity index (χ2v) is 5.46. The van der Waals surface area contributed by atoms with Gasteiger partial charge in [-0.25, -0.2) is 0 Å². The Morgan fingerprint density at radius 3 is 3.13 bits per heavy atom. The summed E-state index contributed by atoms with van der Waals surface area (Å²) >= 11 is 3.27. The van der Waals surface area contributed by atoms with Gasteiger partial charge in [0.15, 0.2) is 0 Å². The predicted octanol–water partition coefficient (Wildman–Crippen LogP) is 1.70. The van der Waals surface area contributed by atoms with E-state index in [4.69, 9.17) is 0 Å². The van der Waals surface area contributed by atoms with E-state index in [0.29, 0.717) is 12.3 Å². The Hall–Kier alpha value is -0.520. The van der Waals surface area contributed by atoms with E-state index in [-0.39, 0.29) is 11.3 Å².